The van der Waals surface area contributed by atoms with Crippen molar-refractivity contribution in [1.82, 2.24) is 14.3 Å². The van der Waals surface area contributed by atoms with E-state index in [0.717, 1.165) is 22.5 Å². The van der Waals surface area contributed by atoms with Crippen molar-refractivity contribution in [3.63, 3.8) is 0 Å². The van der Waals surface area contributed by atoms with E-state index in [2.05, 4.69) is 31.1 Å². The number of pyridine rings is 1. The summed E-state index contributed by atoms with van der Waals surface area (Å²) < 4.78 is 3.25. The molecule has 0 amide bonds. The van der Waals surface area contributed by atoms with Crippen LogP contribution in [0.5, 0.6) is 5.88 Å². The van der Waals surface area contributed by atoms with Crippen molar-refractivity contribution >= 4 is 0 Å². The fourth-order valence-electron chi connectivity index (χ4n) is 2.75. The summed E-state index contributed by atoms with van der Waals surface area (Å²) >= 11 is 0. The second-order valence-corrected chi connectivity index (χ2v) is 6.61. The summed E-state index contributed by atoms with van der Waals surface area (Å²) in [5.74, 6) is 0.0584. The first-order chi connectivity index (χ1) is 13.2. The Balaban J connectivity index is 0.000000260. The van der Waals surface area contributed by atoms with E-state index < -0.39 is 0 Å². The van der Waals surface area contributed by atoms with Gasteiger partial charge in [0.25, 0.3) is 5.56 Å². The first kappa shape index (κ1) is 23.2. The molecule has 0 aliphatic carbocycles. The molecule has 0 fully saturated rings. The molecule has 2 aromatic heterocycles. The fourth-order valence-corrected chi connectivity index (χ4v) is 2.75. The second-order valence-electron chi connectivity index (χ2n) is 6.61. The second kappa shape index (κ2) is 9.93. The molecule has 152 valence electrons. The van der Waals surface area contributed by atoms with Gasteiger partial charge < -0.3 is 5.11 Å². The maximum atomic E-state index is 11.4. The van der Waals surface area contributed by atoms with Crippen LogP contribution in [0.25, 0.3) is 5.69 Å². The lowest BCUT2D eigenvalue weighted by Crippen LogP contribution is -2.21. The Hall–Kier alpha value is -2.82. The van der Waals surface area contributed by atoms with E-state index in [1.165, 1.54) is 15.8 Å². The number of para-hydroxylation sites is 1. The number of aromatic hydroxyl groups is 1. The summed E-state index contributed by atoms with van der Waals surface area (Å²) in [4.78, 5) is 11.4. The maximum absolute atomic E-state index is 11.4. The number of hydrogen-bond acceptors (Lipinski definition) is 3. The van der Waals surface area contributed by atoms with Gasteiger partial charge in [0.1, 0.15) is 0 Å². The Morgan fingerprint density at radius 1 is 0.821 bits per heavy atom. The molecule has 0 bridgehead atoms. The molecule has 0 saturated heterocycles. The Morgan fingerprint density at radius 2 is 1.36 bits per heavy atom. The number of rotatable bonds is 1. The highest BCUT2D eigenvalue weighted by atomic mass is 16.3. The first-order valence-electron chi connectivity index (χ1n) is 9.60. The van der Waals surface area contributed by atoms with Gasteiger partial charge in [0.05, 0.1) is 11.4 Å². The summed E-state index contributed by atoms with van der Waals surface area (Å²) in [5.41, 5.74) is 6.93. The molecule has 1 aromatic carbocycles. The van der Waals surface area contributed by atoms with Crippen LogP contribution in [0.15, 0.2) is 35.1 Å². The van der Waals surface area contributed by atoms with E-state index in [9.17, 15) is 9.90 Å². The lowest BCUT2D eigenvalue weighted by Gasteiger charge is -2.10. The average molecular weight is 384 g/mol. The van der Waals surface area contributed by atoms with Gasteiger partial charge in [0.2, 0.25) is 0 Å². The molecule has 5 nitrogen and oxygen atoms in total. The molecule has 1 N–H and O–H groups in total. The van der Waals surface area contributed by atoms with Gasteiger partial charge in [-0.15, -0.1) is 0 Å². The third kappa shape index (κ3) is 4.71. The molecule has 28 heavy (non-hydrogen) atoms. The van der Waals surface area contributed by atoms with Crippen LogP contribution >= 0.6 is 0 Å². The zero-order chi connectivity index (χ0) is 21.6. The highest BCUT2D eigenvalue weighted by molar-refractivity contribution is 5.37. The summed E-state index contributed by atoms with van der Waals surface area (Å²) in [6.45, 7) is 15.7. The fraction of sp³-hybridized carbons (Fsp3) is 0.391. The average Bonchev–Trinajstić information content (AvgIpc) is 2.99. The third-order valence-electron chi connectivity index (χ3n) is 5.06. The molecule has 0 atom stereocenters. The molecule has 5 heteroatoms. The van der Waals surface area contributed by atoms with Gasteiger partial charge in [-0.2, -0.15) is 5.10 Å². The summed E-state index contributed by atoms with van der Waals surface area (Å²) in [6.07, 6.45) is 0. The van der Waals surface area contributed by atoms with Crippen LogP contribution in [0.1, 0.15) is 47.5 Å². The minimum atomic E-state index is -0.129. The Labute approximate surface area is 168 Å². The van der Waals surface area contributed by atoms with E-state index in [0.29, 0.717) is 5.56 Å². The van der Waals surface area contributed by atoms with Gasteiger partial charge in [-0.1, -0.05) is 32.0 Å². The van der Waals surface area contributed by atoms with Gasteiger partial charge in [0.15, 0.2) is 5.88 Å². The van der Waals surface area contributed by atoms with Gasteiger partial charge in [-0.25, -0.2) is 4.68 Å². The van der Waals surface area contributed by atoms with E-state index in [1.807, 2.05) is 50.6 Å². The van der Waals surface area contributed by atoms with Crippen LogP contribution in [-0.4, -0.2) is 19.5 Å². The van der Waals surface area contributed by atoms with Gasteiger partial charge >= 0.3 is 0 Å². The minimum absolute atomic E-state index is 0.0584. The lowest BCUT2D eigenvalue weighted by molar-refractivity contribution is 0.417. The standard InChI is InChI=1S/C12H14N2.C9H13NO2.C2H6/c1-9-10(2)13-14(11(9)3)12-7-5-4-6-8-12;1-5-6(2)8(11)10(4)9(12)7(5)3;1-2/h4-8H,1-3H3;11H,1-4H3;1-2H3. The number of aromatic nitrogens is 3. The Kier molecular flexibility index (Phi) is 8.23. The van der Waals surface area contributed by atoms with Crippen molar-refractivity contribution in [2.75, 3.05) is 0 Å². The molecule has 0 spiro atoms. The predicted molar refractivity (Wildman–Crippen MR) is 117 cm³/mol. The van der Waals surface area contributed by atoms with Crippen molar-refractivity contribution in [1.29, 1.82) is 0 Å². The van der Waals surface area contributed by atoms with Crippen LogP contribution in [0, 0.1) is 41.5 Å². The Morgan fingerprint density at radius 3 is 1.82 bits per heavy atom. The maximum Gasteiger partial charge on any atom is 0.256 e. The minimum Gasteiger partial charge on any atom is -0.494 e. The quantitative estimate of drug-likeness (QED) is 0.654. The van der Waals surface area contributed by atoms with Crippen molar-refractivity contribution < 1.29 is 5.11 Å². The van der Waals surface area contributed by atoms with E-state index in [1.54, 1.807) is 20.9 Å². The molecule has 0 aliphatic rings. The zero-order valence-corrected chi connectivity index (χ0v) is 18.6. The molecule has 0 unspecified atom stereocenters. The van der Waals surface area contributed by atoms with Crippen molar-refractivity contribution in [3.8, 4) is 11.6 Å². The highest BCUT2D eigenvalue weighted by Crippen LogP contribution is 2.18. The zero-order valence-electron chi connectivity index (χ0n) is 18.6. The smallest absolute Gasteiger partial charge is 0.256 e. The SMILES string of the molecule is CC.Cc1c(C)c(O)n(C)c(=O)c1C.Cc1nn(-c2ccccc2)c(C)c1C. The van der Waals surface area contributed by atoms with Crippen LogP contribution in [0.4, 0.5) is 0 Å². The molecule has 0 aliphatic heterocycles. The van der Waals surface area contributed by atoms with Crippen molar-refractivity contribution in [2.24, 2.45) is 7.05 Å². The van der Waals surface area contributed by atoms with Crippen molar-refractivity contribution in [2.45, 2.75) is 55.4 Å². The molecule has 3 aromatic rings. The van der Waals surface area contributed by atoms with E-state index in [-0.39, 0.29) is 11.4 Å². The van der Waals surface area contributed by atoms with Gasteiger partial charge in [-0.05, 0) is 64.8 Å². The number of hydrogen-bond donors (Lipinski definition) is 1. The summed E-state index contributed by atoms with van der Waals surface area (Å²) in [5, 5.41) is 14.0. The van der Waals surface area contributed by atoms with E-state index >= 15 is 0 Å². The number of aryl methyl sites for hydroxylation is 1. The molecular formula is C23H33N3O2. The van der Waals surface area contributed by atoms with Gasteiger partial charge in [0, 0.05) is 23.9 Å². The largest absolute Gasteiger partial charge is 0.494 e. The van der Waals surface area contributed by atoms with E-state index in [4.69, 9.17) is 0 Å². The van der Waals surface area contributed by atoms with Crippen LogP contribution in [-0.2, 0) is 7.05 Å². The topological polar surface area (TPSA) is 60.1 Å². The normalized spacial score (nSPS) is 9.89. The van der Waals surface area contributed by atoms with Crippen molar-refractivity contribution in [3.05, 3.63) is 74.3 Å². The molecule has 0 saturated carbocycles. The Bertz CT molecular complexity index is 951. The number of nitrogens with zero attached hydrogens (tertiary/aromatic N) is 3. The number of benzene rings is 1. The summed E-state index contributed by atoms with van der Waals surface area (Å²) in [7, 11) is 1.57. The lowest BCUT2D eigenvalue weighted by atomic mass is 10.1. The predicted octanol–water partition coefficient (Wildman–Crippen LogP) is 4.84. The van der Waals surface area contributed by atoms with Crippen LogP contribution in [0.2, 0.25) is 0 Å². The molecule has 2 heterocycles. The van der Waals surface area contributed by atoms with Crippen LogP contribution in [0.3, 0.4) is 0 Å². The van der Waals surface area contributed by atoms with Crippen LogP contribution < -0.4 is 5.56 Å². The molecular weight excluding hydrogens is 350 g/mol. The highest BCUT2D eigenvalue weighted by Gasteiger charge is 2.10. The summed E-state index contributed by atoms with van der Waals surface area (Å²) in [6, 6.07) is 10.2. The monoisotopic (exact) mass is 383 g/mol. The molecule has 0 radical (unpaired) electrons. The first-order valence-corrected chi connectivity index (χ1v) is 9.60. The third-order valence-corrected chi connectivity index (χ3v) is 5.06. The van der Waals surface area contributed by atoms with Gasteiger partial charge in [-0.3, -0.25) is 9.36 Å². The molecule has 3 rings (SSSR count).